The zero-order chi connectivity index (χ0) is 29.4. The lowest BCUT2D eigenvalue weighted by molar-refractivity contribution is -0.104. The normalized spacial score (nSPS) is 14.6. The molecule has 1 aliphatic rings. The van der Waals surface area contributed by atoms with Gasteiger partial charge in [0.25, 0.3) is 0 Å². The van der Waals surface area contributed by atoms with E-state index in [1.807, 2.05) is 50.7 Å². The average molecular weight is 561 g/mol. The van der Waals surface area contributed by atoms with Crippen LogP contribution in [0, 0.1) is 5.82 Å². The number of thioether (sulfide) groups is 1. The molecular weight excluding hydrogens is 515 g/mol. The number of hydrogen-bond donors (Lipinski definition) is 2. The van der Waals surface area contributed by atoms with Gasteiger partial charge in [0.05, 0.1) is 23.4 Å². The molecular formula is C30H45FN4O3S. The molecule has 2 aromatic rings. The van der Waals surface area contributed by atoms with Crippen molar-refractivity contribution in [2.75, 3.05) is 37.8 Å². The van der Waals surface area contributed by atoms with Crippen molar-refractivity contribution in [1.29, 1.82) is 0 Å². The lowest BCUT2D eigenvalue weighted by atomic mass is 9.99. The van der Waals surface area contributed by atoms with Gasteiger partial charge in [-0.3, -0.25) is 9.79 Å². The quantitative estimate of drug-likeness (QED) is 0.0883. The SMILES string of the molecule is CC.CC.CCc1c(F)ccc2cc(O)cc(N(C)C/C(N=CSC)=C(C=O)/C(=N\O)N3CCCCCC3)c12. The molecule has 0 saturated carbocycles. The van der Waals surface area contributed by atoms with Gasteiger partial charge in [0.2, 0.25) is 0 Å². The van der Waals surface area contributed by atoms with Crippen LogP contribution < -0.4 is 4.90 Å². The number of phenols is 1. The fourth-order valence-electron chi connectivity index (χ4n) is 4.56. The van der Waals surface area contributed by atoms with Crippen LogP contribution in [0.25, 0.3) is 10.8 Å². The summed E-state index contributed by atoms with van der Waals surface area (Å²) in [6.45, 7) is 11.5. The molecule has 1 saturated heterocycles. The number of rotatable bonds is 8. The van der Waals surface area contributed by atoms with Crippen LogP contribution in [0.1, 0.15) is 65.9 Å². The van der Waals surface area contributed by atoms with Crippen molar-refractivity contribution in [2.24, 2.45) is 10.1 Å². The molecule has 1 fully saturated rings. The van der Waals surface area contributed by atoms with E-state index in [4.69, 9.17) is 0 Å². The highest BCUT2D eigenvalue weighted by atomic mass is 32.2. The molecule has 0 amide bonds. The molecule has 216 valence electrons. The highest BCUT2D eigenvalue weighted by Gasteiger charge is 2.23. The Morgan fingerprint density at radius 1 is 1.13 bits per heavy atom. The lowest BCUT2D eigenvalue weighted by Gasteiger charge is -2.26. The van der Waals surface area contributed by atoms with Crippen molar-refractivity contribution < 1.29 is 19.5 Å². The zero-order valence-corrected chi connectivity index (χ0v) is 25.3. The number of carbonyl (C=O) groups is 1. The summed E-state index contributed by atoms with van der Waals surface area (Å²) in [6.07, 6.45) is 7.12. The molecule has 2 aromatic carbocycles. The maximum Gasteiger partial charge on any atom is 0.180 e. The average Bonchev–Trinajstić information content (AvgIpc) is 3.25. The summed E-state index contributed by atoms with van der Waals surface area (Å²) < 4.78 is 14.7. The van der Waals surface area contributed by atoms with E-state index in [1.165, 1.54) is 17.8 Å². The first-order valence-electron chi connectivity index (χ1n) is 13.8. The molecule has 0 atom stereocenters. The molecule has 0 unspecified atom stereocenters. The van der Waals surface area contributed by atoms with E-state index in [-0.39, 0.29) is 29.5 Å². The highest BCUT2D eigenvalue weighted by molar-refractivity contribution is 8.11. The fraction of sp³-hybridized carbons (Fsp3) is 0.500. The van der Waals surface area contributed by atoms with Gasteiger partial charge in [0.15, 0.2) is 12.1 Å². The smallest absolute Gasteiger partial charge is 0.180 e. The Hall–Kier alpha value is -3.07. The molecule has 0 aromatic heterocycles. The Morgan fingerprint density at radius 3 is 2.31 bits per heavy atom. The third-order valence-electron chi connectivity index (χ3n) is 6.27. The summed E-state index contributed by atoms with van der Waals surface area (Å²) in [5.41, 5.74) is 3.43. The highest BCUT2D eigenvalue weighted by Crippen LogP contribution is 2.35. The maximum atomic E-state index is 14.7. The minimum Gasteiger partial charge on any atom is -0.508 e. The van der Waals surface area contributed by atoms with Gasteiger partial charge in [-0.1, -0.05) is 58.7 Å². The molecule has 0 radical (unpaired) electrons. The molecule has 39 heavy (non-hydrogen) atoms. The first-order chi connectivity index (χ1) is 18.9. The van der Waals surface area contributed by atoms with Crippen LogP contribution in [0.5, 0.6) is 5.75 Å². The maximum absolute atomic E-state index is 14.7. The molecule has 0 aliphatic carbocycles. The van der Waals surface area contributed by atoms with Gasteiger partial charge in [-0.2, -0.15) is 0 Å². The number of benzene rings is 2. The molecule has 3 rings (SSSR count). The van der Waals surface area contributed by atoms with Gasteiger partial charge >= 0.3 is 0 Å². The van der Waals surface area contributed by atoms with E-state index in [2.05, 4.69) is 10.1 Å². The van der Waals surface area contributed by atoms with Gasteiger partial charge in [-0.05, 0) is 48.6 Å². The van der Waals surface area contributed by atoms with Gasteiger partial charge in [-0.15, -0.1) is 11.8 Å². The number of hydrogen-bond acceptors (Lipinski definition) is 7. The summed E-state index contributed by atoms with van der Waals surface area (Å²) in [4.78, 5) is 20.6. The second-order valence-electron chi connectivity index (χ2n) is 8.57. The number of anilines is 1. The summed E-state index contributed by atoms with van der Waals surface area (Å²) >= 11 is 1.39. The Balaban J connectivity index is 0.00000181. The molecule has 2 N–H and O–H groups in total. The van der Waals surface area contributed by atoms with Crippen LogP contribution in [-0.2, 0) is 11.2 Å². The minimum atomic E-state index is -0.305. The number of aryl methyl sites for hydroxylation is 1. The van der Waals surface area contributed by atoms with Crippen molar-refractivity contribution in [3.05, 3.63) is 46.9 Å². The number of carbonyl (C=O) groups excluding carboxylic acids is 1. The Bertz CT molecular complexity index is 1140. The van der Waals surface area contributed by atoms with Crippen LogP contribution in [0.4, 0.5) is 10.1 Å². The molecule has 7 nitrogen and oxygen atoms in total. The number of likely N-dealkylation sites (tertiary alicyclic amines) is 1. The zero-order valence-electron chi connectivity index (χ0n) is 24.5. The van der Waals surface area contributed by atoms with E-state index in [1.54, 1.807) is 30.8 Å². The predicted molar refractivity (Wildman–Crippen MR) is 165 cm³/mol. The first kappa shape index (κ1) is 34.0. The van der Waals surface area contributed by atoms with Crippen molar-refractivity contribution in [3.63, 3.8) is 0 Å². The van der Waals surface area contributed by atoms with Gasteiger partial charge in [0, 0.05) is 37.3 Å². The number of oxime groups is 1. The number of likely N-dealkylation sites (N-methyl/N-ethyl adjacent to an activating group) is 1. The number of phenolic OH excluding ortho intramolecular Hbond substituents is 1. The van der Waals surface area contributed by atoms with Crippen molar-refractivity contribution in [2.45, 2.75) is 66.7 Å². The number of aldehydes is 1. The standard InChI is InChI=1S/C26H33FN4O3S.2C2H6/c1-4-20-22(27)10-9-18-13-19(33)14-24(25(18)20)30(2)15-23(28-17-35-3)21(16-32)26(29-34)31-11-7-5-6-8-12-31;2*1-2/h9-10,13-14,16-17,33-34H,4-8,11-12,15H2,1-3H3;2*1-2H3/b23-21-,28-17?,29-26+;;. The number of fused-ring (bicyclic) bond motifs is 1. The summed E-state index contributed by atoms with van der Waals surface area (Å²) in [7, 11) is 1.80. The molecule has 0 spiro atoms. The molecule has 9 heteroatoms. The van der Waals surface area contributed by atoms with Gasteiger partial charge in [0.1, 0.15) is 11.6 Å². The van der Waals surface area contributed by atoms with Crippen molar-refractivity contribution in [1.82, 2.24) is 4.90 Å². The van der Waals surface area contributed by atoms with Crippen molar-refractivity contribution >= 4 is 45.9 Å². The number of halogens is 1. The van der Waals surface area contributed by atoms with E-state index < -0.39 is 0 Å². The number of aliphatic imine (C=N–C) groups is 1. The largest absolute Gasteiger partial charge is 0.508 e. The third-order valence-corrected chi connectivity index (χ3v) is 6.58. The molecule has 0 bridgehead atoms. The van der Waals surface area contributed by atoms with E-state index in [0.717, 1.165) is 31.1 Å². The second kappa shape index (κ2) is 18.3. The molecule has 1 heterocycles. The monoisotopic (exact) mass is 560 g/mol. The minimum absolute atomic E-state index is 0.0592. The fourth-order valence-corrected chi connectivity index (χ4v) is 4.80. The van der Waals surface area contributed by atoms with Crippen LogP contribution in [0.2, 0.25) is 0 Å². The number of nitrogens with zero attached hydrogens (tertiary/aromatic N) is 4. The first-order valence-corrected chi connectivity index (χ1v) is 15.1. The number of amidine groups is 1. The Kier molecular flexibility index (Phi) is 15.9. The van der Waals surface area contributed by atoms with E-state index in [0.29, 0.717) is 48.1 Å². The van der Waals surface area contributed by atoms with Crippen molar-refractivity contribution in [3.8, 4) is 5.75 Å². The van der Waals surface area contributed by atoms with Crippen LogP contribution in [0.3, 0.4) is 0 Å². The third kappa shape index (κ3) is 8.98. The van der Waals surface area contributed by atoms with Crippen LogP contribution in [-0.4, -0.2) is 65.8 Å². The Labute approximate surface area is 237 Å². The predicted octanol–water partition coefficient (Wildman–Crippen LogP) is 7.24. The second-order valence-corrected chi connectivity index (χ2v) is 9.25. The topological polar surface area (TPSA) is 88.7 Å². The Morgan fingerprint density at radius 2 is 1.77 bits per heavy atom. The van der Waals surface area contributed by atoms with Crippen LogP contribution in [0.15, 0.2) is 45.7 Å². The van der Waals surface area contributed by atoms with Gasteiger partial charge < -0.3 is 20.1 Å². The summed E-state index contributed by atoms with van der Waals surface area (Å²) in [6, 6.07) is 6.26. The van der Waals surface area contributed by atoms with Gasteiger partial charge in [-0.25, -0.2) is 4.39 Å². The van der Waals surface area contributed by atoms with E-state index >= 15 is 0 Å². The van der Waals surface area contributed by atoms with E-state index in [9.17, 15) is 19.5 Å². The summed E-state index contributed by atoms with van der Waals surface area (Å²) in [5.74, 6) is -0.0329. The molecule has 1 aliphatic heterocycles. The summed E-state index contributed by atoms with van der Waals surface area (Å²) in [5, 5.41) is 25.2. The van der Waals surface area contributed by atoms with Crippen LogP contribution >= 0.6 is 11.8 Å². The lowest BCUT2D eigenvalue weighted by Crippen LogP contribution is -2.35. The number of aromatic hydroxyl groups is 1.